The Morgan fingerprint density at radius 3 is 2.45 bits per heavy atom. The Morgan fingerprint density at radius 2 is 1.85 bits per heavy atom. The minimum atomic E-state index is -1.54. The van der Waals surface area contributed by atoms with E-state index in [9.17, 15) is 8.78 Å². The molecule has 0 spiro atoms. The molecule has 0 aliphatic carbocycles. The third-order valence-electron chi connectivity index (χ3n) is 2.93. The van der Waals surface area contributed by atoms with Crippen LogP contribution in [0.1, 0.15) is 11.1 Å². The first kappa shape index (κ1) is 14.5. The zero-order valence-electron chi connectivity index (χ0n) is 10.8. The SMILES string of the molecule is Cc1cc(OCc2ccc(F)cc2F)ccc1B(O)O. The van der Waals surface area contributed by atoms with Crippen LogP contribution in [-0.2, 0) is 6.61 Å². The van der Waals surface area contributed by atoms with Crippen LogP contribution in [0.5, 0.6) is 5.75 Å². The van der Waals surface area contributed by atoms with Gasteiger partial charge in [0.05, 0.1) is 0 Å². The zero-order valence-corrected chi connectivity index (χ0v) is 10.8. The Balaban J connectivity index is 2.09. The van der Waals surface area contributed by atoms with Crippen LogP contribution < -0.4 is 10.2 Å². The Morgan fingerprint density at radius 1 is 1.10 bits per heavy atom. The fourth-order valence-electron chi connectivity index (χ4n) is 1.83. The highest BCUT2D eigenvalue weighted by molar-refractivity contribution is 6.59. The summed E-state index contributed by atoms with van der Waals surface area (Å²) in [6, 6.07) is 7.99. The quantitative estimate of drug-likeness (QED) is 0.834. The molecule has 3 nitrogen and oxygen atoms in total. The molecular weight excluding hydrogens is 265 g/mol. The van der Waals surface area contributed by atoms with Crippen molar-refractivity contribution < 1.29 is 23.6 Å². The molecule has 0 fully saturated rings. The molecule has 0 aliphatic heterocycles. The third kappa shape index (κ3) is 3.34. The van der Waals surface area contributed by atoms with Crippen LogP contribution in [0.2, 0.25) is 0 Å². The van der Waals surface area contributed by atoms with Crippen LogP contribution in [-0.4, -0.2) is 17.2 Å². The Hall–Kier alpha value is -1.92. The average Bonchev–Trinajstić information content (AvgIpc) is 2.37. The summed E-state index contributed by atoms with van der Waals surface area (Å²) in [5.74, 6) is -0.830. The van der Waals surface area contributed by atoms with Gasteiger partial charge in [0, 0.05) is 11.6 Å². The number of hydrogen-bond acceptors (Lipinski definition) is 3. The average molecular weight is 278 g/mol. The molecule has 0 atom stereocenters. The van der Waals surface area contributed by atoms with Crippen LogP contribution in [0.25, 0.3) is 0 Å². The standard InChI is InChI=1S/C14H13BF2O3/c1-9-6-12(4-5-13(9)15(18)19)20-8-10-2-3-11(16)7-14(10)17/h2-7,18-19H,8H2,1H3. The van der Waals surface area contributed by atoms with Crippen molar-refractivity contribution in [3.05, 3.63) is 59.2 Å². The second-order valence-electron chi connectivity index (χ2n) is 4.42. The van der Waals surface area contributed by atoms with Gasteiger partial charge in [0.25, 0.3) is 0 Å². The minimum Gasteiger partial charge on any atom is -0.489 e. The van der Waals surface area contributed by atoms with E-state index in [-0.39, 0.29) is 12.2 Å². The van der Waals surface area contributed by atoms with Crippen molar-refractivity contribution in [3.8, 4) is 5.75 Å². The lowest BCUT2D eigenvalue weighted by molar-refractivity contribution is 0.299. The third-order valence-corrected chi connectivity index (χ3v) is 2.93. The number of rotatable bonds is 4. The summed E-state index contributed by atoms with van der Waals surface area (Å²) < 4.78 is 31.6. The number of aryl methyl sites for hydroxylation is 1. The van der Waals surface area contributed by atoms with Crippen molar-refractivity contribution in [3.63, 3.8) is 0 Å². The highest BCUT2D eigenvalue weighted by Crippen LogP contribution is 2.16. The molecule has 0 aromatic heterocycles. The molecule has 2 rings (SSSR count). The molecule has 0 heterocycles. The molecule has 2 aromatic carbocycles. The second-order valence-corrected chi connectivity index (χ2v) is 4.42. The molecule has 0 saturated heterocycles. The molecule has 2 N–H and O–H groups in total. The molecular formula is C14H13BF2O3. The largest absolute Gasteiger partial charge is 0.489 e. The predicted octanol–water partition coefficient (Wildman–Crippen LogP) is 1.53. The van der Waals surface area contributed by atoms with Gasteiger partial charge in [-0.2, -0.15) is 0 Å². The fraction of sp³-hybridized carbons (Fsp3) is 0.143. The second kappa shape index (κ2) is 6.03. The van der Waals surface area contributed by atoms with Crippen molar-refractivity contribution in [1.29, 1.82) is 0 Å². The summed E-state index contributed by atoms with van der Waals surface area (Å²) in [4.78, 5) is 0. The first-order chi connectivity index (χ1) is 9.47. The molecule has 0 saturated carbocycles. The van der Waals surface area contributed by atoms with E-state index >= 15 is 0 Å². The summed E-state index contributed by atoms with van der Waals surface area (Å²) in [6.07, 6.45) is 0. The van der Waals surface area contributed by atoms with Gasteiger partial charge in [-0.3, -0.25) is 0 Å². The summed E-state index contributed by atoms with van der Waals surface area (Å²) in [5, 5.41) is 18.2. The Bertz CT molecular complexity index is 617. The number of ether oxygens (including phenoxy) is 1. The van der Waals surface area contributed by atoms with Gasteiger partial charge in [-0.25, -0.2) is 8.78 Å². The first-order valence-electron chi connectivity index (χ1n) is 6.01. The van der Waals surface area contributed by atoms with Crippen LogP contribution >= 0.6 is 0 Å². The van der Waals surface area contributed by atoms with Gasteiger partial charge in [-0.1, -0.05) is 6.07 Å². The fourth-order valence-corrected chi connectivity index (χ4v) is 1.83. The van der Waals surface area contributed by atoms with Gasteiger partial charge in [-0.15, -0.1) is 0 Å². The van der Waals surface area contributed by atoms with Crippen molar-refractivity contribution in [2.75, 3.05) is 0 Å². The van der Waals surface area contributed by atoms with Crippen molar-refractivity contribution in [1.82, 2.24) is 0 Å². The Labute approximate surface area is 115 Å². The molecule has 0 amide bonds. The molecule has 0 bridgehead atoms. The van der Waals surface area contributed by atoms with Gasteiger partial charge < -0.3 is 14.8 Å². The van der Waals surface area contributed by atoms with Gasteiger partial charge in [0.2, 0.25) is 0 Å². The van der Waals surface area contributed by atoms with E-state index in [2.05, 4.69) is 0 Å². The lowest BCUT2D eigenvalue weighted by atomic mass is 9.77. The Kier molecular flexibility index (Phi) is 4.37. The minimum absolute atomic E-state index is 0.0351. The van der Waals surface area contributed by atoms with Gasteiger partial charge in [0.1, 0.15) is 24.0 Å². The van der Waals surface area contributed by atoms with Crippen LogP contribution in [0.3, 0.4) is 0 Å². The summed E-state index contributed by atoms with van der Waals surface area (Å²) in [7, 11) is -1.54. The molecule has 0 unspecified atom stereocenters. The van der Waals surface area contributed by atoms with E-state index in [0.29, 0.717) is 16.8 Å². The van der Waals surface area contributed by atoms with Crippen LogP contribution in [0.15, 0.2) is 36.4 Å². The molecule has 0 aliphatic rings. The van der Waals surface area contributed by atoms with Gasteiger partial charge in [0.15, 0.2) is 0 Å². The number of hydrogen-bond donors (Lipinski definition) is 2. The monoisotopic (exact) mass is 278 g/mol. The van der Waals surface area contributed by atoms with E-state index in [1.807, 2.05) is 0 Å². The molecule has 6 heteroatoms. The highest BCUT2D eigenvalue weighted by atomic mass is 19.1. The molecule has 2 aromatic rings. The maximum Gasteiger partial charge on any atom is 0.488 e. The maximum atomic E-state index is 13.4. The van der Waals surface area contributed by atoms with E-state index in [0.717, 1.165) is 12.1 Å². The topological polar surface area (TPSA) is 49.7 Å². The van der Waals surface area contributed by atoms with Crippen molar-refractivity contribution in [2.45, 2.75) is 13.5 Å². The number of halogens is 2. The summed E-state index contributed by atoms with van der Waals surface area (Å²) in [5.41, 5.74) is 1.28. The van der Waals surface area contributed by atoms with Crippen molar-refractivity contribution in [2.24, 2.45) is 0 Å². The van der Waals surface area contributed by atoms with E-state index in [1.54, 1.807) is 19.1 Å². The van der Waals surface area contributed by atoms with E-state index < -0.39 is 18.8 Å². The lowest BCUT2D eigenvalue weighted by Gasteiger charge is -2.10. The lowest BCUT2D eigenvalue weighted by Crippen LogP contribution is -2.31. The molecule has 104 valence electrons. The molecule has 0 radical (unpaired) electrons. The van der Waals surface area contributed by atoms with Gasteiger partial charge >= 0.3 is 7.12 Å². The summed E-state index contributed by atoms with van der Waals surface area (Å²) >= 11 is 0. The molecule has 20 heavy (non-hydrogen) atoms. The maximum absolute atomic E-state index is 13.4. The van der Waals surface area contributed by atoms with Gasteiger partial charge in [-0.05, 0) is 42.2 Å². The summed E-state index contributed by atoms with van der Waals surface area (Å²) in [6.45, 7) is 1.67. The predicted molar refractivity (Wildman–Crippen MR) is 71.7 cm³/mol. The van der Waals surface area contributed by atoms with E-state index in [4.69, 9.17) is 14.8 Å². The zero-order chi connectivity index (χ0) is 14.7. The van der Waals surface area contributed by atoms with Crippen molar-refractivity contribution >= 4 is 12.6 Å². The van der Waals surface area contributed by atoms with Crippen LogP contribution in [0.4, 0.5) is 8.78 Å². The normalized spacial score (nSPS) is 10.4. The highest BCUT2D eigenvalue weighted by Gasteiger charge is 2.14. The first-order valence-corrected chi connectivity index (χ1v) is 6.01. The smallest absolute Gasteiger partial charge is 0.488 e. The van der Waals surface area contributed by atoms with E-state index in [1.165, 1.54) is 12.1 Å². The van der Waals surface area contributed by atoms with Crippen LogP contribution in [0, 0.1) is 18.6 Å². The number of benzene rings is 2.